The minimum absolute atomic E-state index is 0.328. The van der Waals surface area contributed by atoms with Crippen molar-refractivity contribution in [1.29, 1.82) is 0 Å². The third-order valence-corrected chi connectivity index (χ3v) is 5.64. The van der Waals surface area contributed by atoms with Crippen molar-refractivity contribution >= 4 is 23.1 Å². The smallest absolute Gasteiger partial charge is 0.209 e. The number of nitrogens with one attached hydrogen (secondary N) is 1. The number of aromatic nitrogens is 4. The van der Waals surface area contributed by atoms with Gasteiger partial charge in [0.05, 0.1) is 23.9 Å². The summed E-state index contributed by atoms with van der Waals surface area (Å²) in [5.41, 5.74) is 2.31. The van der Waals surface area contributed by atoms with E-state index >= 15 is 0 Å². The molecule has 0 saturated heterocycles. The van der Waals surface area contributed by atoms with Crippen LogP contribution in [0, 0.1) is 5.82 Å². The Bertz CT molecular complexity index is 1060. The summed E-state index contributed by atoms with van der Waals surface area (Å²) >= 11 is 3.02. The maximum absolute atomic E-state index is 13.8. The first-order valence-corrected chi connectivity index (χ1v) is 9.99. The van der Waals surface area contributed by atoms with Crippen molar-refractivity contribution in [3.05, 3.63) is 65.4 Å². The molecule has 0 amide bonds. The molecule has 5 nitrogen and oxygen atoms in total. The summed E-state index contributed by atoms with van der Waals surface area (Å²) < 4.78 is 19.2. The number of H-pyrrole nitrogens is 1. The Morgan fingerprint density at radius 2 is 1.85 bits per heavy atom. The normalized spacial score (nSPS) is 10.9. The molecule has 136 valence electrons. The first-order chi connectivity index (χ1) is 13.2. The van der Waals surface area contributed by atoms with Crippen LogP contribution in [0.5, 0.6) is 5.75 Å². The molecule has 2 aromatic carbocycles. The number of ether oxygens (including phenoxy) is 1. The summed E-state index contributed by atoms with van der Waals surface area (Å²) in [4.78, 5) is 9.04. The topological polar surface area (TPSA) is 63.7 Å². The minimum Gasteiger partial charge on any atom is -0.496 e. The van der Waals surface area contributed by atoms with Gasteiger partial charge in [0, 0.05) is 11.1 Å². The molecule has 0 spiro atoms. The highest BCUT2D eigenvalue weighted by Gasteiger charge is 2.13. The Morgan fingerprint density at radius 3 is 2.67 bits per heavy atom. The van der Waals surface area contributed by atoms with Crippen molar-refractivity contribution in [2.75, 3.05) is 7.11 Å². The van der Waals surface area contributed by atoms with Gasteiger partial charge in [0.15, 0.2) is 5.82 Å². The predicted molar refractivity (Wildman–Crippen MR) is 105 cm³/mol. The number of rotatable bonds is 6. The van der Waals surface area contributed by atoms with Crippen molar-refractivity contribution in [2.45, 2.75) is 10.9 Å². The molecule has 0 bridgehead atoms. The van der Waals surface area contributed by atoms with Gasteiger partial charge in [-0.15, -0.1) is 16.4 Å². The zero-order valence-electron chi connectivity index (χ0n) is 14.3. The first kappa shape index (κ1) is 17.7. The Kier molecular flexibility index (Phi) is 5.17. The molecule has 0 unspecified atom stereocenters. The van der Waals surface area contributed by atoms with E-state index in [2.05, 4.69) is 20.2 Å². The molecule has 0 fully saturated rings. The SMILES string of the molecule is COc1ccccc1-c1nc(CSc2n[nH]c(-c3ccccc3F)n2)cs1. The molecule has 0 aliphatic heterocycles. The summed E-state index contributed by atoms with van der Waals surface area (Å²) in [7, 11) is 1.65. The van der Waals surface area contributed by atoms with E-state index in [1.54, 1.807) is 36.6 Å². The fourth-order valence-electron chi connectivity index (χ4n) is 2.54. The molecule has 0 radical (unpaired) electrons. The number of halogens is 1. The molecule has 2 heterocycles. The van der Waals surface area contributed by atoms with E-state index in [1.807, 2.05) is 29.6 Å². The molecule has 8 heteroatoms. The molecule has 0 aliphatic rings. The maximum Gasteiger partial charge on any atom is 0.209 e. The number of hydrogen-bond acceptors (Lipinski definition) is 6. The summed E-state index contributed by atoms with van der Waals surface area (Å²) in [5, 5.41) is 10.4. The maximum atomic E-state index is 13.8. The van der Waals surface area contributed by atoms with E-state index in [1.165, 1.54) is 17.8 Å². The van der Waals surface area contributed by atoms with E-state index < -0.39 is 0 Å². The van der Waals surface area contributed by atoms with Gasteiger partial charge in [0.2, 0.25) is 5.16 Å². The quantitative estimate of drug-likeness (QED) is 0.461. The van der Waals surface area contributed by atoms with Crippen LogP contribution in [0.1, 0.15) is 5.69 Å². The lowest BCUT2D eigenvalue weighted by Crippen LogP contribution is -1.88. The van der Waals surface area contributed by atoms with E-state index in [-0.39, 0.29) is 5.82 Å². The molecule has 2 aromatic heterocycles. The van der Waals surface area contributed by atoms with Crippen molar-refractivity contribution in [3.8, 4) is 27.7 Å². The van der Waals surface area contributed by atoms with Crippen LogP contribution in [-0.2, 0) is 5.75 Å². The summed E-state index contributed by atoms with van der Waals surface area (Å²) in [5.74, 6) is 1.52. The largest absolute Gasteiger partial charge is 0.496 e. The number of benzene rings is 2. The van der Waals surface area contributed by atoms with Crippen LogP contribution >= 0.6 is 23.1 Å². The van der Waals surface area contributed by atoms with Crippen LogP contribution in [0.4, 0.5) is 4.39 Å². The van der Waals surface area contributed by atoms with Crippen LogP contribution in [0.15, 0.2) is 59.1 Å². The van der Waals surface area contributed by atoms with Gasteiger partial charge in [-0.05, 0) is 24.3 Å². The number of para-hydroxylation sites is 1. The van der Waals surface area contributed by atoms with E-state index in [0.717, 1.165) is 22.0 Å². The lowest BCUT2D eigenvalue weighted by Gasteiger charge is -2.04. The lowest BCUT2D eigenvalue weighted by molar-refractivity contribution is 0.416. The third-order valence-electron chi connectivity index (χ3n) is 3.83. The van der Waals surface area contributed by atoms with Crippen LogP contribution in [0.25, 0.3) is 22.0 Å². The highest BCUT2D eigenvalue weighted by atomic mass is 32.2. The third kappa shape index (κ3) is 3.86. The molecule has 0 aliphatic carbocycles. The molecular weight excluding hydrogens is 383 g/mol. The monoisotopic (exact) mass is 398 g/mol. The highest BCUT2D eigenvalue weighted by Crippen LogP contribution is 2.33. The van der Waals surface area contributed by atoms with Gasteiger partial charge in [0.1, 0.15) is 16.6 Å². The zero-order valence-corrected chi connectivity index (χ0v) is 16.0. The van der Waals surface area contributed by atoms with Crippen LogP contribution in [0.3, 0.4) is 0 Å². The number of thiazole rings is 1. The summed E-state index contributed by atoms with van der Waals surface area (Å²) in [6, 6.07) is 14.3. The molecule has 4 rings (SSSR count). The average molecular weight is 398 g/mol. The Hall–Kier alpha value is -2.71. The Labute approximate surface area is 163 Å². The van der Waals surface area contributed by atoms with Crippen LogP contribution in [0.2, 0.25) is 0 Å². The van der Waals surface area contributed by atoms with Gasteiger partial charge in [0.25, 0.3) is 0 Å². The van der Waals surface area contributed by atoms with Crippen LogP contribution in [-0.4, -0.2) is 27.3 Å². The van der Waals surface area contributed by atoms with Gasteiger partial charge >= 0.3 is 0 Å². The van der Waals surface area contributed by atoms with Crippen molar-refractivity contribution in [1.82, 2.24) is 20.2 Å². The van der Waals surface area contributed by atoms with Gasteiger partial charge in [-0.25, -0.2) is 14.4 Å². The van der Waals surface area contributed by atoms with E-state index in [0.29, 0.717) is 22.3 Å². The standard InChI is InChI=1S/C19H15FN4OS2/c1-25-16-9-5-3-7-14(16)18-21-12(10-26-18)11-27-19-22-17(23-24-19)13-6-2-4-8-15(13)20/h2-10H,11H2,1H3,(H,22,23,24). The number of thioether (sulfide) groups is 1. The first-order valence-electron chi connectivity index (χ1n) is 8.12. The molecule has 27 heavy (non-hydrogen) atoms. The second kappa shape index (κ2) is 7.89. The predicted octanol–water partition coefficient (Wildman–Crippen LogP) is 5.04. The van der Waals surface area contributed by atoms with Crippen molar-refractivity contribution in [2.24, 2.45) is 0 Å². The minimum atomic E-state index is -0.328. The van der Waals surface area contributed by atoms with Gasteiger partial charge < -0.3 is 4.74 Å². The van der Waals surface area contributed by atoms with Gasteiger partial charge in [-0.2, -0.15) is 0 Å². The second-order valence-corrected chi connectivity index (χ2v) is 7.38. The van der Waals surface area contributed by atoms with Gasteiger partial charge in [-0.1, -0.05) is 36.0 Å². The Morgan fingerprint density at radius 1 is 1.07 bits per heavy atom. The number of hydrogen-bond donors (Lipinski definition) is 1. The molecule has 1 N–H and O–H groups in total. The van der Waals surface area contributed by atoms with Gasteiger partial charge in [-0.3, -0.25) is 5.10 Å². The van der Waals surface area contributed by atoms with Crippen molar-refractivity contribution < 1.29 is 9.13 Å². The molecule has 0 atom stereocenters. The zero-order chi connectivity index (χ0) is 18.6. The fraction of sp³-hybridized carbons (Fsp3) is 0.105. The highest BCUT2D eigenvalue weighted by molar-refractivity contribution is 7.98. The van der Waals surface area contributed by atoms with E-state index in [4.69, 9.17) is 4.74 Å². The average Bonchev–Trinajstić information content (AvgIpc) is 3.36. The summed E-state index contributed by atoms with van der Waals surface area (Å²) in [6.45, 7) is 0. The number of methoxy groups -OCH3 is 1. The van der Waals surface area contributed by atoms with E-state index in [9.17, 15) is 4.39 Å². The van der Waals surface area contributed by atoms with Crippen LogP contribution < -0.4 is 4.74 Å². The fourth-order valence-corrected chi connectivity index (χ4v) is 4.19. The summed E-state index contributed by atoms with van der Waals surface area (Å²) in [6.07, 6.45) is 0. The lowest BCUT2D eigenvalue weighted by atomic mass is 10.2. The number of aromatic amines is 1. The molecular formula is C19H15FN4OS2. The van der Waals surface area contributed by atoms with Crippen molar-refractivity contribution in [3.63, 3.8) is 0 Å². The number of nitrogens with zero attached hydrogens (tertiary/aromatic N) is 3. The Balaban J connectivity index is 1.46. The molecule has 4 aromatic rings. The second-order valence-electron chi connectivity index (χ2n) is 5.58. The molecule has 0 saturated carbocycles.